The van der Waals surface area contributed by atoms with E-state index in [0.717, 1.165) is 5.56 Å². The molecule has 0 fully saturated rings. The summed E-state index contributed by atoms with van der Waals surface area (Å²) in [6, 6.07) is 20.0. The van der Waals surface area contributed by atoms with E-state index in [0.29, 0.717) is 22.2 Å². The van der Waals surface area contributed by atoms with Crippen molar-refractivity contribution < 1.29 is 9.90 Å². The third-order valence-corrected chi connectivity index (χ3v) is 6.22. The molecule has 0 aliphatic carbocycles. The van der Waals surface area contributed by atoms with E-state index in [9.17, 15) is 15.2 Å². The van der Waals surface area contributed by atoms with Crippen molar-refractivity contribution in [3.63, 3.8) is 0 Å². The number of aryl methyl sites for hydroxylation is 1. The summed E-state index contributed by atoms with van der Waals surface area (Å²) >= 11 is 0. The third kappa shape index (κ3) is 5.00. The number of fused-ring (bicyclic) bond motifs is 1. The van der Waals surface area contributed by atoms with Crippen LogP contribution in [0, 0.1) is 18.3 Å². The number of nitriles is 1. The van der Waals surface area contributed by atoms with E-state index >= 15 is 0 Å². The van der Waals surface area contributed by atoms with E-state index in [2.05, 4.69) is 36.7 Å². The highest BCUT2D eigenvalue weighted by Crippen LogP contribution is 2.41. The molecule has 1 amide bonds. The molecule has 0 aliphatic heterocycles. The van der Waals surface area contributed by atoms with Gasteiger partial charge in [0, 0.05) is 28.9 Å². The van der Waals surface area contributed by atoms with Gasteiger partial charge in [0.15, 0.2) is 11.6 Å². The lowest BCUT2D eigenvalue weighted by Crippen LogP contribution is -2.14. The lowest BCUT2D eigenvalue weighted by atomic mass is 9.90. The van der Waals surface area contributed by atoms with Crippen LogP contribution in [-0.4, -0.2) is 30.8 Å². The minimum Gasteiger partial charge on any atom is -0.505 e. The van der Waals surface area contributed by atoms with Crippen LogP contribution in [-0.2, 0) is 5.41 Å². The first-order valence-corrected chi connectivity index (χ1v) is 12.5. The molecule has 0 saturated heterocycles. The van der Waals surface area contributed by atoms with Crippen molar-refractivity contribution in [3.8, 4) is 17.8 Å². The molecule has 5 rings (SSSR count). The maximum absolute atomic E-state index is 13.2. The van der Waals surface area contributed by atoms with Crippen LogP contribution in [0.25, 0.3) is 16.7 Å². The maximum atomic E-state index is 13.2. The molecule has 0 spiro atoms. The van der Waals surface area contributed by atoms with Crippen LogP contribution < -0.4 is 5.32 Å². The number of nitrogens with zero attached hydrogens (tertiary/aromatic N) is 7. The molecule has 0 atom stereocenters. The summed E-state index contributed by atoms with van der Waals surface area (Å²) in [7, 11) is 0. The zero-order chi connectivity index (χ0) is 28.4. The summed E-state index contributed by atoms with van der Waals surface area (Å²) in [6.07, 6.45) is 3.12. The Balaban J connectivity index is 1.66. The molecule has 0 unspecified atom stereocenters. The highest BCUT2D eigenvalue weighted by atomic mass is 16.3. The maximum Gasteiger partial charge on any atom is 0.259 e. The van der Waals surface area contributed by atoms with Crippen LogP contribution in [0.4, 0.5) is 17.2 Å². The summed E-state index contributed by atoms with van der Waals surface area (Å²) in [6.45, 7) is 7.75. The number of aromatic nitrogens is 4. The highest BCUT2D eigenvalue weighted by molar-refractivity contribution is 6.11. The molecular formula is C30H26N8O2. The lowest BCUT2D eigenvalue weighted by Gasteiger charge is -2.14. The lowest BCUT2D eigenvalue weighted by molar-refractivity contribution is 0.102. The number of azo groups is 1. The van der Waals surface area contributed by atoms with Gasteiger partial charge in [0.1, 0.15) is 17.3 Å². The Kier molecular flexibility index (Phi) is 6.80. The fourth-order valence-corrected chi connectivity index (χ4v) is 4.19. The van der Waals surface area contributed by atoms with Gasteiger partial charge < -0.3 is 10.4 Å². The fraction of sp³-hybridized carbons (Fsp3) is 0.167. The molecule has 2 N–H and O–H groups in total. The molecule has 10 nitrogen and oxygen atoms in total. The number of phenolic OH excluding ortho intramolecular Hbond substituents is 1. The first-order chi connectivity index (χ1) is 19.2. The van der Waals surface area contributed by atoms with Gasteiger partial charge in [0.05, 0.1) is 11.3 Å². The zero-order valence-corrected chi connectivity index (χ0v) is 22.4. The van der Waals surface area contributed by atoms with Crippen molar-refractivity contribution in [3.05, 3.63) is 95.4 Å². The molecule has 0 saturated carbocycles. The molecule has 10 heteroatoms. The van der Waals surface area contributed by atoms with Crippen LogP contribution in [0.1, 0.15) is 48.0 Å². The van der Waals surface area contributed by atoms with Crippen molar-refractivity contribution in [1.29, 1.82) is 5.26 Å². The number of hydrogen-bond acceptors (Lipinski definition) is 8. The number of carbonyl (C=O) groups is 1. The van der Waals surface area contributed by atoms with Crippen LogP contribution >= 0.6 is 0 Å². The Hall–Kier alpha value is -5.43. The van der Waals surface area contributed by atoms with E-state index in [1.54, 1.807) is 48.8 Å². The van der Waals surface area contributed by atoms with Gasteiger partial charge in [-0.1, -0.05) is 62.7 Å². The molecule has 2 aromatic heterocycles. The number of benzene rings is 3. The molecule has 40 heavy (non-hydrogen) atoms. The first-order valence-electron chi connectivity index (χ1n) is 12.5. The molecule has 0 bridgehead atoms. The number of phenols is 1. The van der Waals surface area contributed by atoms with Gasteiger partial charge in [-0.25, -0.2) is 9.97 Å². The van der Waals surface area contributed by atoms with Gasteiger partial charge in [0.2, 0.25) is 0 Å². The monoisotopic (exact) mass is 530 g/mol. The van der Waals surface area contributed by atoms with Gasteiger partial charge in [-0.15, -0.1) is 10.2 Å². The smallest absolute Gasteiger partial charge is 0.259 e. The summed E-state index contributed by atoms with van der Waals surface area (Å²) in [5.74, 6) is -0.525. The predicted molar refractivity (Wildman–Crippen MR) is 151 cm³/mol. The summed E-state index contributed by atoms with van der Waals surface area (Å²) in [5, 5.41) is 38.8. The highest BCUT2D eigenvalue weighted by Gasteiger charge is 2.29. The standard InChI is InChI=1S/C30H26N8O2/c1-18-10-12-20(13-11-18)34-28(40)22-16-19-8-5-6-9-21(19)24(25(22)39)35-36-27-23(17-31)26(30(2,3)4)37-38(27)29-32-14-7-15-33-29/h5-16,39H,1-4H3,(H,34,40)/b36-35+. The normalized spacial score (nSPS) is 11.6. The number of aromatic hydroxyl groups is 1. The van der Waals surface area contributed by atoms with E-state index in [1.165, 1.54) is 4.68 Å². The van der Waals surface area contributed by atoms with Crippen molar-refractivity contribution in [1.82, 2.24) is 19.7 Å². The van der Waals surface area contributed by atoms with Gasteiger partial charge in [-0.05, 0) is 36.6 Å². The van der Waals surface area contributed by atoms with E-state index in [4.69, 9.17) is 0 Å². The predicted octanol–water partition coefficient (Wildman–Crippen LogP) is 6.67. The minimum absolute atomic E-state index is 0.0315. The summed E-state index contributed by atoms with van der Waals surface area (Å²) < 4.78 is 1.36. The van der Waals surface area contributed by atoms with Crippen LogP contribution in [0.3, 0.4) is 0 Å². The Morgan fingerprint density at radius 3 is 2.40 bits per heavy atom. The Labute approximate surface area is 230 Å². The Bertz CT molecular complexity index is 1790. The number of carbonyl (C=O) groups excluding carboxylic acids is 1. The van der Waals surface area contributed by atoms with Crippen molar-refractivity contribution in [2.45, 2.75) is 33.1 Å². The second-order valence-electron chi connectivity index (χ2n) is 10.2. The average molecular weight is 531 g/mol. The zero-order valence-electron chi connectivity index (χ0n) is 22.4. The second kappa shape index (κ2) is 10.4. The van der Waals surface area contributed by atoms with E-state index in [-0.39, 0.29) is 34.3 Å². The van der Waals surface area contributed by atoms with Gasteiger partial charge in [-0.3, -0.25) is 4.79 Å². The average Bonchev–Trinajstić information content (AvgIpc) is 3.33. The van der Waals surface area contributed by atoms with Gasteiger partial charge in [0.25, 0.3) is 11.9 Å². The minimum atomic E-state index is -0.501. The number of amides is 1. The molecule has 0 radical (unpaired) electrons. The Morgan fingerprint density at radius 2 is 1.73 bits per heavy atom. The van der Waals surface area contributed by atoms with Crippen molar-refractivity contribution in [2.24, 2.45) is 10.2 Å². The van der Waals surface area contributed by atoms with Gasteiger partial charge in [-0.2, -0.15) is 15.0 Å². The van der Waals surface area contributed by atoms with Crippen molar-refractivity contribution >= 4 is 33.9 Å². The van der Waals surface area contributed by atoms with E-state index in [1.807, 2.05) is 52.0 Å². The largest absolute Gasteiger partial charge is 0.505 e. The van der Waals surface area contributed by atoms with Crippen LogP contribution in [0.2, 0.25) is 0 Å². The third-order valence-electron chi connectivity index (χ3n) is 6.22. The number of nitrogens with one attached hydrogen (secondary N) is 1. The van der Waals surface area contributed by atoms with Crippen LogP contribution in [0.5, 0.6) is 5.75 Å². The van der Waals surface area contributed by atoms with Gasteiger partial charge >= 0.3 is 0 Å². The second-order valence-corrected chi connectivity index (χ2v) is 10.2. The molecule has 3 aromatic carbocycles. The topological polar surface area (TPSA) is 141 Å². The van der Waals surface area contributed by atoms with Crippen molar-refractivity contribution in [2.75, 3.05) is 5.32 Å². The summed E-state index contributed by atoms with van der Waals surface area (Å²) in [5.41, 5.74) is 1.97. The quantitative estimate of drug-likeness (QED) is 0.243. The molecule has 5 aromatic rings. The molecule has 198 valence electrons. The first kappa shape index (κ1) is 26.2. The fourth-order valence-electron chi connectivity index (χ4n) is 4.19. The Morgan fingerprint density at radius 1 is 1.02 bits per heavy atom. The number of rotatable bonds is 5. The number of hydrogen-bond donors (Lipinski definition) is 2. The summed E-state index contributed by atoms with van der Waals surface area (Å²) in [4.78, 5) is 21.7. The SMILES string of the molecule is Cc1ccc(NC(=O)c2cc3ccccc3c(/N=N/c3c(C#N)c(C(C)(C)C)nn3-c3ncccn3)c2O)cc1. The van der Waals surface area contributed by atoms with E-state index < -0.39 is 11.3 Å². The number of anilines is 1. The molecular weight excluding hydrogens is 504 g/mol. The van der Waals surface area contributed by atoms with Crippen LogP contribution in [0.15, 0.2) is 83.3 Å². The molecule has 2 heterocycles. The molecule has 0 aliphatic rings.